The van der Waals surface area contributed by atoms with Gasteiger partial charge in [-0.3, -0.25) is 14.9 Å². The fourth-order valence-corrected chi connectivity index (χ4v) is 2.59. The molecule has 0 unspecified atom stereocenters. The number of aliphatic hydroxyl groups is 1. The lowest BCUT2D eigenvalue weighted by Gasteiger charge is -2.38. The quantitative estimate of drug-likeness (QED) is 0.497. The molecule has 0 bridgehead atoms. The van der Waals surface area contributed by atoms with Crippen molar-refractivity contribution in [3.05, 3.63) is 34.4 Å². The third-order valence-electron chi connectivity index (χ3n) is 2.98. The van der Waals surface area contributed by atoms with Crippen LogP contribution in [0.4, 0.5) is 5.69 Å². The summed E-state index contributed by atoms with van der Waals surface area (Å²) < 4.78 is 0. The zero-order valence-electron chi connectivity index (χ0n) is 10.2. The summed E-state index contributed by atoms with van der Waals surface area (Å²) in [5.41, 5.74) is 0.0456. The van der Waals surface area contributed by atoms with Crippen molar-refractivity contribution >= 4 is 23.4 Å². The van der Waals surface area contributed by atoms with Crippen molar-refractivity contribution in [3.63, 3.8) is 0 Å². The highest BCUT2D eigenvalue weighted by atomic mass is 32.2. The summed E-state index contributed by atoms with van der Waals surface area (Å²) in [4.78, 5) is 24.3. The fraction of sp³-hybridized carbons (Fsp3) is 0.417. The molecule has 2 rings (SSSR count). The van der Waals surface area contributed by atoms with Crippen LogP contribution >= 0.6 is 11.8 Å². The van der Waals surface area contributed by atoms with Crippen molar-refractivity contribution < 1.29 is 14.8 Å². The van der Waals surface area contributed by atoms with Crippen LogP contribution in [0.3, 0.4) is 0 Å². The number of nitrogens with zero attached hydrogens (tertiary/aromatic N) is 2. The number of carbonyl (C=O) groups excluding carboxylic acids is 1. The highest BCUT2D eigenvalue weighted by Gasteiger charge is 2.29. The summed E-state index contributed by atoms with van der Waals surface area (Å²) in [7, 11) is 0. The first-order valence-electron chi connectivity index (χ1n) is 5.86. The van der Waals surface area contributed by atoms with Gasteiger partial charge in [0.25, 0.3) is 5.69 Å². The van der Waals surface area contributed by atoms with Crippen LogP contribution in [0.15, 0.2) is 29.2 Å². The maximum atomic E-state index is 11.8. The average molecular weight is 282 g/mol. The first-order valence-corrected chi connectivity index (χ1v) is 6.84. The van der Waals surface area contributed by atoms with Crippen LogP contribution in [-0.2, 0) is 4.79 Å². The first-order chi connectivity index (χ1) is 9.10. The third-order valence-corrected chi connectivity index (χ3v) is 3.97. The molecule has 1 aromatic rings. The Balaban J connectivity index is 1.79. The lowest BCUT2D eigenvalue weighted by atomic mass is 10.0. The molecule has 0 radical (unpaired) electrons. The molecule has 0 aromatic heterocycles. The summed E-state index contributed by atoms with van der Waals surface area (Å²) in [6, 6.07) is 6.14. The lowest BCUT2D eigenvalue weighted by molar-refractivity contribution is -0.384. The number of non-ortho nitro benzene ring substituents is 1. The van der Waals surface area contributed by atoms with Gasteiger partial charge in [0, 0.05) is 42.6 Å². The molecular weight excluding hydrogens is 268 g/mol. The van der Waals surface area contributed by atoms with Gasteiger partial charge in [0.15, 0.2) is 0 Å². The number of rotatable bonds is 5. The van der Waals surface area contributed by atoms with E-state index in [4.69, 9.17) is 5.11 Å². The fourth-order valence-electron chi connectivity index (χ4n) is 1.79. The van der Waals surface area contributed by atoms with E-state index >= 15 is 0 Å². The van der Waals surface area contributed by atoms with Gasteiger partial charge in [0.05, 0.1) is 10.7 Å². The molecule has 1 N–H and O–H groups in total. The Bertz CT molecular complexity index is 471. The number of likely N-dealkylation sites (tertiary alicyclic amines) is 1. The van der Waals surface area contributed by atoms with Crippen molar-refractivity contribution in [1.29, 1.82) is 0 Å². The van der Waals surface area contributed by atoms with Gasteiger partial charge in [-0.2, -0.15) is 0 Å². The molecule has 7 heteroatoms. The van der Waals surface area contributed by atoms with Gasteiger partial charge in [-0.05, 0) is 12.1 Å². The molecule has 102 valence electrons. The second-order valence-corrected chi connectivity index (χ2v) is 5.44. The lowest BCUT2D eigenvalue weighted by Crippen LogP contribution is -2.51. The first kappa shape index (κ1) is 13.8. The predicted molar refractivity (Wildman–Crippen MR) is 71.0 cm³/mol. The normalized spacial score (nSPS) is 15.1. The summed E-state index contributed by atoms with van der Waals surface area (Å²) in [6.45, 7) is 1.37. The smallest absolute Gasteiger partial charge is 0.269 e. The number of nitro groups is 1. The van der Waals surface area contributed by atoms with Crippen molar-refractivity contribution in [2.24, 2.45) is 5.92 Å². The standard InChI is InChI=1S/C12H14N2O4S/c15-7-9-5-13(6-9)12(16)8-19-11-3-1-10(2-4-11)14(17)18/h1-4,9,15H,5-8H2. The van der Waals surface area contributed by atoms with Crippen LogP contribution in [0.5, 0.6) is 0 Å². The van der Waals surface area contributed by atoms with Crippen molar-refractivity contribution in [2.45, 2.75) is 4.90 Å². The van der Waals surface area contributed by atoms with Gasteiger partial charge < -0.3 is 10.0 Å². The van der Waals surface area contributed by atoms with E-state index in [1.165, 1.54) is 23.9 Å². The van der Waals surface area contributed by atoms with Crippen LogP contribution in [0, 0.1) is 16.0 Å². The molecule has 1 aliphatic rings. The number of thioether (sulfide) groups is 1. The van der Waals surface area contributed by atoms with Gasteiger partial charge in [-0.25, -0.2) is 0 Å². The third kappa shape index (κ3) is 3.45. The van der Waals surface area contributed by atoms with Crippen molar-refractivity contribution in [3.8, 4) is 0 Å². The van der Waals surface area contributed by atoms with Crippen LogP contribution < -0.4 is 0 Å². The Morgan fingerprint density at radius 1 is 1.42 bits per heavy atom. The van der Waals surface area contributed by atoms with Crippen molar-refractivity contribution in [1.82, 2.24) is 4.90 Å². The van der Waals surface area contributed by atoms with Gasteiger partial charge in [0.2, 0.25) is 5.91 Å². The van der Waals surface area contributed by atoms with Gasteiger partial charge in [-0.1, -0.05) is 0 Å². The maximum absolute atomic E-state index is 11.8. The Kier molecular flexibility index (Phi) is 4.39. The second kappa shape index (κ2) is 6.03. The number of amides is 1. The second-order valence-electron chi connectivity index (χ2n) is 4.39. The van der Waals surface area contributed by atoms with E-state index < -0.39 is 4.92 Å². The van der Waals surface area contributed by atoms with E-state index in [0.29, 0.717) is 18.8 Å². The highest BCUT2D eigenvalue weighted by molar-refractivity contribution is 8.00. The van der Waals surface area contributed by atoms with Gasteiger partial charge in [0.1, 0.15) is 0 Å². The van der Waals surface area contributed by atoms with E-state index in [9.17, 15) is 14.9 Å². The van der Waals surface area contributed by atoms with E-state index in [-0.39, 0.29) is 24.1 Å². The molecule has 1 saturated heterocycles. The summed E-state index contributed by atoms with van der Waals surface area (Å²) in [5.74, 6) is 0.567. The van der Waals surface area contributed by atoms with Gasteiger partial charge in [-0.15, -0.1) is 11.8 Å². The summed E-state index contributed by atoms with van der Waals surface area (Å²) >= 11 is 1.36. The van der Waals surface area contributed by atoms with Gasteiger partial charge >= 0.3 is 0 Å². The number of hydrogen-bond donors (Lipinski definition) is 1. The molecule has 19 heavy (non-hydrogen) atoms. The highest BCUT2D eigenvalue weighted by Crippen LogP contribution is 2.23. The Morgan fingerprint density at radius 3 is 2.58 bits per heavy atom. The Labute approximate surface area is 114 Å². The monoisotopic (exact) mass is 282 g/mol. The minimum atomic E-state index is -0.450. The molecular formula is C12H14N2O4S. The number of benzene rings is 1. The Hall–Kier alpha value is -1.60. The molecule has 0 saturated carbocycles. The molecule has 1 fully saturated rings. The predicted octanol–water partition coefficient (Wildman–Crippen LogP) is 1.14. The number of nitro benzene ring substituents is 1. The number of aliphatic hydroxyl groups excluding tert-OH is 1. The average Bonchev–Trinajstić information content (AvgIpc) is 2.35. The molecule has 0 atom stereocenters. The summed E-state index contributed by atoms with van der Waals surface area (Å²) in [5, 5.41) is 19.4. The number of carbonyl (C=O) groups is 1. The van der Waals surface area contributed by atoms with Crippen LogP contribution in [0.1, 0.15) is 0 Å². The molecule has 0 spiro atoms. The molecule has 1 aliphatic heterocycles. The minimum Gasteiger partial charge on any atom is -0.396 e. The molecule has 0 aliphatic carbocycles. The SMILES string of the molecule is O=C(CSc1ccc([N+](=O)[O-])cc1)N1CC(CO)C1. The zero-order valence-corrected chi connectivity index (χ0v) is 11.0. The van der Waals surface area contributed by atoms with E-state index in [1.54, 1.807) is 17.0 Å². The number of hydrogen-bond acceptors (Lipinski definition) is 5. The zero-order chi connectivity index (χ0) is 13.8. The molecule has 1 aromatic carbocycles. The van der Waals surface area contributed by atoms with Crippen molar-refractivity contribution in [2.75, 3.05) is 25.4 Å². The van der Waals surface area contributed by atoms with Crippen LogP contribution in [-0.4, -0.2) is 46.3 Å². The maximum Gasteiger partial charge on any atom is 0.269 e. The molecule has 6 nitrogen and oxygen atoms in total. The van der Waals surface area contributed by atoms with Crippen LogP contribution in [0.25, 0.3) is 0 Å². The van der Waals surface area contributed by atoms with E-state index in [1.807, 2.05) is 0 Å². The topological polar surface area (TPSA) is 83.7 Å². The summed E-state index contributed by atoms with van der Waals surface area (Å²) in [6.07, 6.45) is 0. The molecule has 1 amide bonds. The van der Waals surface area contributed by atoms with Crippen LogP contribution in [0.2, 0.25) is 0 Å². The van der Waals surface area contributed by atoms with E-state index in [2.05, 4.69) is 0 Å². The molecule has 1 heterocycles. The largest absolute Gasteiger partial charge is 0.396 e. The van der Waals surface area contributed by atoms with E-state index in [0.717, 1.165) is 4.90 Å². The minimum absolute atomic E-state index is 0.0352. The Morgan fingerprint density at radius 2 is 2.05 bits per heavy atom.